The molecule has 8 heteroatoms. The maximum absolute atomic E-state index is 12.2. The first-order valence-electron chi connectivity index (χ1n) is 8.85. The van der Waals surface area contributed by atoms with Crippen molar-refractivity contribution in [2.75, 3.05) is 7.11 Å². The minimum atomic E-state index is -0.368. The van der Waals surface area contributed by atoms with E-state index in [4.69, 9.17) is 16.3 Å². The van der Waals surface area contributed by atoms with E-state index in [0.29, 0.717) is 17.1 Å². The number of carbonyl (C=O) groups excluding carboxylic acids is 1. The molecule has 0 aliphatic carbocycles. The van der Waals surface area contributed by atoms with Crippen molar-refractivity contribution in [3.63, 3.8) is 0 Å². The van der Waals surface area contributed by atoms with Gasteiger partial charge in [-0.15, -0.1) is 0 Å². The van der Waals surface area contributed by atoms with Gasteiger partial charge in [0.1, 0.15) is 5.75 Å². The summed E-state index contributed by atoms with van der Waals surface area (Å²) in [5, 5.41) is 8.97. The van der Waals surface area contributed by atoms with Crippen LogP contribution >= 0.6 is 27.5 Å². The molecule has 1 aromatic heterocycles. The zero-order chi connectivity index (χ0) is 21.0. The highest BCUT2D eigenvalue weighted by atomic mass is 79.9. The smallest absolute Gasteiger partial charge is 0.272 e. The third kappa shape index (κ3) is 4.86. The van der Waals surface area contributed by atoms with Crippen molar-refractivity contribution in [3.05, 3.63) is 80.0 Å². The van der Waals surface area contributed by atoms with Gasteiger partial charge in [-0.2, -0.15) is 10.2 Å². The number of aryl methyl sites for hydroxylation is 1. The van der Waals surface area contributed by atoms with Gasteiger partial charge >= 0.3 is 0 Å². The summed E-state index contributed by atoms with van der Waals surface area (Å²) in [5.41, 5.74) is 6.61. The molecular formula is C21H20BrClN4O2. The van der Waals surface area contributed by atoms with Crippen molar-refractivity contribution in [1.82, 2.24) is 15.2 Å². The third-order valence-corrected chi connectivity index (χ3v) is 5.89. The number of nitrogens with zero attached hydrogens (tertiary/aromatic N) is 3. The van der Waals surface area contributed by atoms with Crippen molar-refractivity contribution in [2.45, 2.75) is 20.4 Å². The molecule has 1 N–H and O–H groups in total. The number of hydrogen-bond donors (Lipinski definition) is 1. The van der Waals surface area contributed by atoms with E-state index in [-0.39, 0.29) is 5.91 Å². The number of amides is 1. The van der Waals surface area contributed by atoms with Crippen LogP contribution < -0.4 is 10.2 Å². The Kier molecular flexibility index (Phi) is 6.71. The second-order valence-corrected chi connectivity index (χ2v) is 7.59. The highest BCUT2D eigenvalue weighted by molar-refractivity contribution is 9.10. The summed E-state index contributed by atoms with van der Waals surface area (Å²) in [7, 11) is 1.63. The lowest BCUT2D eigenvalue weighted by Crippen LogP contribution is -2.18. The van der Waals surface area contributed by atoms with Crippen LogP contribution in [0.1, 0.15) is 32.9 Å². The largest absolute Gasteiger partial charge is 0.496 e. The van der Waals surface area contributed by atoms with E-state index in [1.165, 1.54) is 0 Å². The van der Waals surface area contributed by atoms with Crippen LogP contribution in [-0.4, -0.2) is 29.0 Å². The van der Waals surface area contributed by atoms with E-state index in [1.807, 2.05) is 36.7 Å². The van der Waals surface area contributed by atoms with Crippen molar-refractivity contribution in [1.29, 1.82) is 0 Å². The molecule has 150 valence electrons. The number of aromatic nitrogens is 2. The molecule has 2 aromatic carbocycles. The van der Waals surface area contributed by atoms with Crippen LogP contribution in [0.5, 0.6) is 5.75 Å². The standard InChI is InChI=1S/C21H20BrClN4O2/c1-13-20(22)14(2)27(26-13)12-16-10-15(8-9-19(16)29-3)11-24-25-21(28)17-6-4-5-7-18(17)23/h4-11H,12H2,1-3H3,(H,25,28)/b24-11-. The molecule has 0 spiro atoms. The molecule has 0 aliphatic rings. The highest BCUT2D eigenvalue weighted by Crippen LogP contribution is 2.24. The van der Waals surface area contributed by atoms with E-state index in [1.54, 1.807) is 37.6 Å². The van der Waals surface area contributed by atoms with Crippen molar-refractivity contribution >= 4 is 39.7 Å². The lowest BCUT2D eigenvalue weighted by atomic mass is 10.1. The van der Waals surface area contributed by atoms with Crippen LogP contribution in [0, 0.1) is 13.8 Å². The van der Waals surface area contributed by atoms with Gasteiger partial charge in [0.25, 0.3) is 5.91 Å². The predicted molar refractivity (Wildman–Crippen MR) is 118 cm³/mol. The van der Waals surface area contributed by atoms with E-state index < -0.39 is 0 Å². The quantitative estimate of drug-likeness (QED) is 0.414. The summed E-state index contributed by atoms with van der Waals surface area (Å²) < 4.78 is 8.39. The molecule has 0 bridgehead atoms. The molecule has 6 nitrogen and oxygen atoms in total. The van der Waals surface area contributed by atoms with Crippen molar-refractivity contribution in [3.8, 4) is 5.75 Å². The molecule has 1 heterocycles. The van der Waals surface area contributed by atoms with E-state index in [2.05, 4.69) is 31.6 Å². The molecule has 0 radical (unpaired) electrons. The minimum Gasteiger partial charge on any atom is -0.496 e. The van der Waals surface area contributed by atoms with Crippen molar-refractivity contribution < 1.29 is 9.53 Å². The Morgan fingerprint density at radius 3 is 2.72 bits per heavy atom. The number of rotatable bonds is 6. The average molecular weight is 476 g/mol. The Morgan fingerprint density at radius 1 is 1.31 bits per heavy atom. The molecule has 1 amide bonds. The summed E-state index contributed by atoms with van der Waals surface area (Å²) in [6, 6.07) is 12.5. The van der Waals surface area contributed by atoms with Gasteiger partial charge in [-0.25, -0.2) is 5.43 Å². The number of methoxy groups -OCH3 is 1. The Morgan fingerprint density at radius 2 is 2.07 bits per heavy atom. The zero-order valence-electron chi connectivity index (χ0n) is 16.2. The second-order valence-electron chi connectivity index (χ2n) is 6.39. The number of benzene rings is 2. The van der Waals surface area contributed by atoms with Crippen LogP contribution in [0.25, 0.3) is 0 Å². The monoisotopic (exact) mass is 474 g/mol. The molecule has 3 rings (SSSR count). The molecule has 0 unspecified atom stereocenters. The topological polar surface area (TPSA) is 68.5 Å². The number of carbonyl (C=O) groups is 1. The summed E-state index contributed by atoms with van der Waals surface area (Å²) in [4.78, 5) is 12.2. The van der Waals surface area contributed by atoms with Gasteiger partial charge in [-0.05, 0) is 65.7 Å². The first-order valence-corrected chi connectivity index (χ1v) is 10.0. The second kappa shape index (κ2) is 9.24. The number of hydrogen-bond acceptors (Lipinski definition) is 4. The van der Waals surface area contributed by atoms with Crippen LogP contribution in [0.3, 0.4) is 0 Å². The van der Waals surface area contributed by atoms with Crippen LogP contribution in [-0.2, 0) is 6.54 Å². The Hall–Kier alpha value is -2.64. The minimum absolute atomic E-state index is 0.368. The maximum Gasteiger partial charge on any atom is 0.272 e. The van der Waals surface area contributed by atoms with Crippen LogP contribution in [0.4, 0.5) is 0 Å². The first kappa shape index (κ1) is 21.1. The van der Waals surface area contributed by atoms with Gasteiger partial charge in [0.05, 0.1) is 46.3 Å². The van der Waals surface area contributed by atoms with Gasteiger partial charge in [-0.3, -0.25) is 9.48 Å². The average Bonchev–Trinajstić information content (AvgIpc) is 2.95. The molecular weight excluding hydrogens is 456 g/mol. The highest BCUT2D eigenvalue weighted by Gasteiger charge is 2.12. The van der Waals surface area contributed by atoms with Crippen molar-refractivity contribution in [2.24, 2.45) is 5.10 Å². The van der Waals surface area contributed by atoms with Gasteiger partial charge in [0, 0.05) is 5.56 Å². The number of halogens is 2. The van der Waals surface area contributed by atoms with Gasteiger partial charge in [0.15, 0.2) is 0 Å². The first-order chi connectivity index (χ1) is 13.9. The Labute approximate surface area is 182 Å². The lowest BCUT2D eigenvalue weighted by Gasteiger charge is -2.11. The van der Waals surface area contributed by atoms with E-state index >= 15 is 0 Å². The summed E-state index contributed by atoms with van der Waals surface area (Å²) >= 11 is 9.58. The molecule has 0 fully saturated rings. The van der Waals surface area contributed by atoms with Crippen LogP contribution in [0.15, 0.2) is 52.0 Å². The fourth-order valence-electron chi connectivity index (χ4n) is 2.86. The molecule has 0 saturated heterocycles. The molecule has 0 saturated carbocycles. The fourth-order valence-corrected chi connectivity index (χ4v) is 3.37. The number of ether oxygens (including phenoxy) is 1. The summed E-state index contributed by atoms with van der Waals surface area (Å²) in [5.74, 6) is 0.388. The molecule has 0 aliphatic heterocycles. The van der Waals surface area contributed by atoms with Gasteiger partial charge in [0.2, 0.25) is 0 Å². The third-order valence-electron chi connectivity index (χ3n) is 4.42. The zero-order valence-corrected chi connectivity index (χ0v) is 18.6. The van der Waals surface area contributed by atoms with E-state index in [9.17, 15) is 4.79 Å². The van der Waals surface area contributed by atoms with Crippen LogP contribution in [0.2, 0.25) is 5.02 Å². The number of hydrazone groups is 1. The fraction of sp³-hybridized carbons (Fsp3) is 0.190. The maximum atomic E-state index is 12.2. The molecule has 3 aromatic rings. The van der Waals surface area contributed by atoms with E-state index in [0.717, 1.165) is 32.7 Å². The SMILES string of the molecule is COc1ccc(/C=N\NC(=O)c2ccccc2Cl)cc1Cn1nc(C)c(Br)c1C. The summed E-state index contributed by atoms with van der Waals surface area (Å²) in [6.07, 6.45) is 1.58. The Balaban J connectivity index is 1.77. The summed E-state index contributed by atoms with van der Waals surface area (Å²) in [6.45, 7) is 4.51. The normalized spacial score (nSPS) is 11.1. The predicted octanol–water partition coefficient (Wildman–Crippen LogP) is 4.74. The van der Waals surface area contributed by atoms with Gasteiger partial charge < -0.3 is 4.74 Å². The molecule has 29 heavy (non-hydrogen) atoms. The lowest BCUT2D eigenvalue weighted by molar-refractivity contribution is 0.0955. The Bertz CT molecular complexity index is 1080. The number of nitrogens with one attached hydrogen (secondary N) is 1. The van der Waals surface area contributed by atoms with Gasteiger partial charge in [-0.1, -0.05) is 23.7 Å². The molecule has 0 atom stereocenters.